The Morgan fingerprint density at radius 2 is 2.09 bits per heavy atom. The van der Waals surface area contributed by atoms with Crippen LogP contribution in [-0.2, 0) is 4.74 Å². The van der Waals surface area contributed by atoms with Crippen LogP contribution in [-0.4, -0.2) is 29.2 Å². The summed E-state index contributed by atoms with van der Waals surface area (Å²) in [5, 5.41) is 3.61. The van der Waals surface area contributed by atoms with Crippen LogP contribution in [0.5, 0.6) is 5.88 Å². The fraction of sp³-hybridized carbons (Fsp3) is 0.765. The molecule has 1 N–H and O–H groups in total. The molecule has 3 atom stereocenters. The normalized spacial score (nSPS) is 28.5. The van der Waals surface area contributed by atoms with Gasteiger partial charge in [0.15, 0.2) is 5.82 Å². The maximum absolute atomic E-state index is 5.73. The van der Waals surface area contributed by atoms with Crippen molar-refractivity contribution in [1.82, 2.24) is 9.97 Å². The maximum Gasteiger partial charge on any atom is 0.218 e. The molecule has 2 aliphatic rings. The van der Waals surface area contributed by atoms with E-state index < -0.39 is 0 Å². The van der Waals surface area contributed by atoms with Crippen LogP contribution >= 0.6 is 0 Å². The fourth-order valence-corrected chi connectivity index (χ4v) is 3.38. The summed E-state index contributed by atoms with van der Waals surface area (Å²) in [6, 6.07) is 2.42. The Morgan fingerprint density at radius 1 is 1.23 bits per heavy atom. The smallest absolute Gasteiger partial charge is 0.218 e. The van der Waals surface area contributed by atoms with E-state index in [4.69, 9.17) is 14.5 Å². The standard InChI is InChI=1S/C17H27N3O2/c1-3-21-16-11-15(18-13-8-5-4-7-12(13)2)19-17(20-16)14-9-6-10-22-14/h11-14H,3-10H2,1-2H3,(H,18,19,20). The minimum Gasteiger partial charge on any atom is -0.478 e. The van der Waals surface area contributed by atoms with Crippen LogP contribution in [0.3, 0.4) is 0 Å². The monoisotopic (exact) mass is 305 g/mol. The van der Waals surface area contributed by atoms with Crippen LogP contribution in [0.4, 0.5) is 5.82 Å². The van der Waals surface area contributed by atoms with E-state index in [-0.39, 0.29) is 6.10 Å². The zero-order chi connectivity index (χ0) is 15.4. The molecule has 5 heteroatoms. The first-order valence-electron chi connectivity index (χ1n) is 8.66. The van der Waals surface area contributed by atoms with Crippen LogP contribution in [0, 0.1) is 5.92 Å². The van der Waals surface area contributed by atoms with Crippen molar-refractivity contribution in [1.29, 1.82) is 0 Å². The molecule has 1 saturated heterocycles. The highest BCUT2D eigenvalue weighted by Crippen LogP contribution is 2.30. The molecule has 0 radical (unpaired) electrons. The van der Waals surface area contributed by atoms with Crippen LogP contribution in [0.15, 0.2) is 6.07 Å². The Hall–Kier alpha value is -1.36. The molecule has 0 spiro atoms. The molecule has 122 valence electrons. The third kappa shape index (κ3) is 3.69. The van der Waals surface area contributed by atoms with Gasteiger partial charge >= 0.3 is 0 Å². The van der Waals surface area contributed by atoms with E-state index in [0.29, 0.717) is 24.4 Å². The van der Waals surface area contributed by atoms with Gasteiger partial charge in [0.1, 0.15) is 11.9 Å². The first-order valence-corrected chi connectivity index (χ1v) is 8.66. The molecule has 3 rings (SSSR count). The van der Waals surface area contributed by atoms with E-state index in [2.05, 4.69) is 17.2 Å². The predicted octanol–water partition coefficient (Wildman–Crippen LogP) is 3.72. The van der Waals surface area contributed by atoms with E-state index >= 15 is 0 Å². The molecule has 0 amide bonds. The molecule has 1 aromatic rings. The summed E-state index contributed by atoms with van der Waals surface area (Å²) >= 11 is 0. The van der Waals surface area contributed by atoms with Gasteiger partial charge in [-0.15, -0.1) is 0 Å². The highest BCUT2D eigenvalue weighted by atomic mass is 16.5. The third-order valence-corrected chi connectivity index (χ3v) is 4.67. The lowest BCUT2D eigenvalue weighted by Gasteiger charge is -2.30. The summed E-state index contributed by atoms with van der Waals surface area (Å²) in [4.78, 5) is 9.22. The second kappa shape index (κ2) is 7.27. The van der Waals surface area contributed by atoms with E-state index in [1.807, 2.05) is 13.0 Å². The van der Waals surface area contributed by atoms with Crippen molar-refractivity contribution in [2.75, 3.05) is 18.5 Å². The zero-order valence-electron chi connectivity index (χ0n) is 13.7. The third-order valence-electron chi connectivity index (χ3n) is 4.67. The Morgan fingerprint density at radius 3 is 2.82 bits per heavy atom. The quantitative estimate of drug-likeness (QED) is 0.898. The molecule has 5 nitrogen and oxygen atoms in total. The van der Waals surface area contributed by atoms with Crippen LogP contribution in [0.25, 0.3) is 0 Å². The SMILES string of the molecule is CCOc1cc(NC2CCCCC2C)nc(C2CCCO2)n1. The largest absolute Gasteiger partial charge is 0.478 e. The summed E-state index contributed by atoms with van der Waals surface area (Å²) in [7, 11) is 0. The summed E-state index contributed by atoms with van der Waals surface area (Å²) in [5.41, 5.74) is 0. The van der Waals surface area contributed by atoms with Crippen molar-refractivity contribution < 1.29 is 9.47 Å². The minimum atomic E-state index is 0.0183. The van der Waals surface area contributed by atoms with Crippen molar-refractivity contribution in [3.63, 3.8) is 0 Å². The molecule has 2 heterocycles. The molecule has 1 aliphatic heterocycles. The van der Waals surface area contributed by atoms with Gasteiger partial charge in [-0.25, -0.2) is 4.98 Å². The van der Waals surface area contributed by atoms with E-state index in [0.717, 1.165) is 31.1 Å². The number of ether oxygens (including phenoxy) is 2. The van der Waals surface area contributed by atoms with E-state index in [1.54, 1.807) is 0 Å². The number of nitrogens with one attached hydrogen (secondary N) is 1. The van der Waals surface area contributed by atoms with Gasteiger partial charge in [-0.05, 0) is 38.5 Å². The highest BCUT2D eigenvalue weighted by Gasteiger charge is 2.24. The van der Waals surface area contributed by atoms with Gasteiger partial charge < -0.3 is 14.8 Å². The zero-order valence-corrected chi connectivity index (χ0v) is 13.7. The second-order valence-corrected chi connectivity index (χ2v) is 6.40. The van der Waals surface area contributed by atoms with Crippen molar-refractivity contribution in [2.24, 2.45) is 5.92 Å². The lowest BCUT2D eigenvalue weighted by molar-refractivity contribution is 0.104. The average molecular weight is 305 g/mol. The van der Waals surface area contributed by atoms with Crippen LogP contribution in [0.1, 0.15) is 64.3 Å². The summed E-state index contributed by atoms with van der Waals surface area (Å²) in [5.74, 6) is 2.97. The number of hydrogen-bond acceptors (Lipinski definition) is 5. The molecule has 0 bridgehead atoms. The lowest BCUT2D eigenvalue weighted by atomic mass is 9.86. The Labute approximate surface area is 132 Å². The topological polar surface area (TPSA) is 56.3 Å². The van der Waals surface area contributed by atoms with Gasteiger partial charge in [0.05, 0.1) is 6.61 Å². The Balaban J connectivity index is 1.78. The number of anilines is 1. The van der Waals surface area contributed by atoms with Gasteiger partial charge in [0.2, 0.25) is 5.88 Å². The molecule has 1 aliphatic carbocycles. The number of nitrogens with zero attached hydrogens (tertiary/aromatic N) is 2. The highest BCUT2D eigenvalue weighted by molar-refractivity contribution is 5.40. The van der Waals surface area contributed by atoms with Gasteiger partial charge in [-0.3, -0.25) is 0 Å². The number of hydrogen-bond donors (Lipinski definition) is 1. The number of rotatable bonds is 5. The van der Waals surface area contributed by atoms with Crippen molar-refractivity contribution in [3.05, 3.63) is 11.9 Å². The molecular weight excluding hydrogens is 278 g/mol. The van der Waals surface area contributed by atoms with E-state index in [1.165, 1.54) is 25.7 Å². The van der Waals surface area contributed by atoms with Crippen molar-refractivity contribution in [3.8, 4) is 5.88 Å². The molecule has 2 fully saturated rings. The molecular formula is C17H27N3O2. The fourth-order valence-electron chi connectivity index (χ4n) is 3.38. The van der Waals surface area contributed by atoms with Gasteiger partial charge in [0, 0.05) is 18.7 Å². The van der Waals surface area contributed by atoms with Gasteiger partial charge in [-0.1, -0.05) is 19.8 Å². The number of aromatic nitrogens is 2. The molecule has 1 saturated carbocycles. The van der Waals surface area contributed by atoms with Crippen LogP contribution in [0.2, 0.25) is 0 Å². The second-order valence-electron chi connectivity index (χ2n) is 6.40. The Kier molecular flexibility index (Phi) is 5.13. The van der Waals surface area contributed by atoms with Crippen molar-refractivity contribution in [2.45, 2.75) is 64.5 Å². The average Bonchev–Trinajstić information content (AvgIpc) is 3.04. The molecule has 1 aromatic heterocycles. The Bertz CT molecular complexity index is 489. The van der Waals surface area contributed by atoms with Gasteiger partial charge in [0.25, 0.3) is 0 Å². The molecule has 0 aromatic carbocycles. The maximum atomic E-state index is 5.73. The first kappa shape index (κ1) is 15.5. The summed E-state index contributed by atoms with van der Waals surface area (Å²) in [6.45, 7) is 5.71. The summed E-state index contributed by atoms with van der Waals surface area (Å²) < 4.78 is 11.3. The summed E-state index contributed by atoms with van der Waals surface area (Å²) in [6.07, 6.45) is 7.23. The van der Waals surface area contributed by atoms with Gasteiger partial charge in [-0.2, -0.15) is 4.98 Å². The van der Waals surface area contributed by atoms with Crippen LogP contribution < -0.4 is 10.1 Å². The molecule has 22 heavy (non-hydrogen) atoms. The first-order chi connectivity index (χ1) is 10.8. The van der Waals surface area contributed by atoms with Crippen molar-refractivity contribution >= 4 is 5.82 Å². The van der Waals surface area contributed by atoms with E-state index in [9.17, 15) is 0 Å². The molecule has 3 unspecified atom stereocenters. The minimum absolute atomic E-state index is 0.0183. The predicted molar refractivity (Wildman–Crippen MR) is 86.2 cm³/mol. The lowest BCUT2D eigenvalue weighted by Crippen LogP contribution is -2.30.